The summed E-state index contributed by atoms with van der Waals surface area (Å²) in [6.45, 7) is 2.95. The third-order valence-corrected chi connectivity index (χ3v) is 4.22. The van der Waals surface area contributed by atoms with Crippen LogP contribution in [-0.4, -0.2) is 37.5 Å². The number of nitrogens with one attached hydrogen (secondary N) is 1. The van der Waals surface area contributed by atoms with Crippen molar-refractivity contribution < 1.29 is 4.79 Å². The van der Waals surface area contributed by atoms with Crippen LogP contribution < -0.4 is 5.32 Å². The van der Waals surface area contributed by atoms with Crippen molar-refractivity contribution in [2.45, 2.75) is 44.9 Å². The Morgan fingerprint density at radius 2 is 2.17 bits per heavy atom. The van der Waals surface area contributed by atoms with Gasteiger partial charge in [0.15, 0.2) is 0 Å². The molecule has 3 nitrogen and oxygen atoms in total. The minimum absolute atomic E-state index is 0.251. The molecule has 0 atom stereocenters. The molecule has 2 aliphatic rings. The van der Waals surface area contributed by atoms with Crippen LogP contribution in [0.3, 0.4) is 0 Å². The molecule has 1 heterocycles. The van der Waals surface area contributed by atoms with Crippen LogP contribution in [0.4, 0.5) is 0 Å². The Labute approximate surface area is 111 Å². The smallest absolute Gasteiger partial charge is 0.223 e. The van der Waals surface area contributed by atoms with Gasteiger partial charge in [-0.05, 0) is 65.1 Å². The zero-order valence-electron chi connectivity index (χ0n) is 11.6. The first-order valence-electron chi connectivity index (χ1n) is 7.40. The molecule has 1 fully saturated rings. The number of piperidine rings is 1. The van der Waals surface area contributed by atoms with Crippen molar-refractivity contribution in [2.24, 2.45) is 5.92 Å². The average Bonchev–Trinajstić information content (AvgIpc) is 2.40. The van der Waals surface area contributed by atoms with Crippen LogP contribution in [0, 0.1) is 5.92 Å². The predicted molar refractivity (Wildman–Crippen MR) is 74.4 cm³/mol. The monoisotopic (exact) mass is 250 g/mol. The standard InChI is InChI=1S/C15H26N2O/c1-17-11-8-14(9-12-17)15(18)16-10-7-13-5-3-2-4-6-13/h5,14H,2-4,6-12H2,1H3,(H,16,18). The number of amides is 1. The lowest BCUT2D eigenvalue weighted by molar-refractivity contribution is -0.126. The van der Waals surface area contributed by atoms with Crippen LogP contribution >= 0.6 is 0 Å². The normalized spacial score (nSPS) is 22.6. The van der Waals surface area contributed by atoms with Gasteiger partial charge >= 0.3 is 0 Å². The van der Waals surface area contributed by atoms with E-state index in [2.05, 4.69) is 23.3 Å². The van der Waals surface area contributed by atoms with Gasteiger partial charge < -0.3 is 10.2 Å². The van der Waals surface area contributed by atoms with E-state index < -0.39 is 0 Å². The van der Waals surface area contributed by atoms with Crippen LogP contribution in [-0.2, 0) is 4.79 Å². The summed E-state index contributed by atoms with van der Waals surface area (Å²) in [5.74, 6) is 0.529. The van der Waals surface area contributed by atoms with Gasteiger partial charge in [0, 0.05) is 12.5 Å². The van der Waals surface area contributed by atoms with Crippen molar-refractivity contribution in [1.29, 1.82) is 0 Å². The van der Waals surface area contributed by atoms with Crippen LogP contribution in [0.2, 0.25) is 0 Å². The summed E-state index contributed by atoms with van der Waals surface area (Å²) in [7, 11) is 2.13. The molecule has 0 aromatic carbocycles. The highest BCUT2D eigenvalue weighted by Gasteiger charge is 2.22. The molecule has 0 saturated carbocycles. The van der Waals surface area contributed by atoms with Gasteiger partial charge in [0.1, 0.15) is 0 Å². The van der Waals surface area contributed by atoms with Gasteiger partial charge in [0.2, 0.25) is 5.91 Å². The Balaban J connectivity index is 1.64. The van der Waals surface area contributed by atoms with Crippen molar-refractivity contribution in [3.63, 3.8) is 0 Å². The minimum atomic E-state index is 0.251. The van der Waals surface area contributed by atoms with E-state index in [1.165, 1.54) is 25.7 Å². The highest BCUT2D eigenvalue weighted by molar-refractivity contribution is 5.78. The van der Waals surface area contributed by atoms with E-state index in [0.717, 1.165) is 38.9 Å². The topological polar surface area (TPSA) is 32.3 Å². The number of allylic oxidation sites excluding steroid dienone is 1. The quantitative estimate of drug-likeness (QED) is 0.777. The van der Waals surface area contributed by atoms with E-state index in [-0.39, 0.29) is 11.8 Å². The fraction of sp³-hybridized carbons (Fsp3) is 0.800. The first-order valence-corrected chi connectivity index (χ1v) is 7.40. The van der Waals surface area contributed by atoms with Gasteiger partial charge in [-0.2, -0.15) is 0 Å². The Bertz CT molecular complexity index is 304. The summed E-state index contributed by atoms with van der Waals surface area (Å²) in [6.07, 6.45) is 10.6. The largest absolute Gasteiger partial charge is 0.356 e. The van der Waals surface area contributed by atoms with Gasteiger partial charge in [-0.15, -0.1) is 0 Å². The SMILES string of the molecule is CN1CCC(C(=O)NCCC2=CCCCC2)CC1. The molecule has 1 aliphatic heterocycles. The second-order valence-electron chi connectivity index (χ2n) is 5.73. The second kappa shape index (κ2) is 6.93. The van der Waals surface area contributed by atoms with Gasteiger partial charge in [-0.25, -0.2) is 0 Å². The fourth-order valence-electron chi connectivity index (χ4n) is 2.89. The number of carbonyl (C=O) groups excluding carboxylic acids is 1. The average molecular weight is 250 g/mol. The number of carbonyl (C=O) groups is 1. The molecule has 0 bridgehead atoms. The lowest BCUT2D eigenvalue weighted by Gasteiger charge is -2.28. The van der Waals surface area contributed by atoms with Crippen LogP contribution in [0.1, 0.15) is 44.9 Å². The minimum Gasteiger partial charge on any atom is -0.356 e. The second-order valence-corrected chi connectivity index (χ2v) is 5.73. The fourth-order valence-corrected chi connectivity index (χ4v) is 2.89. The van der Waals surface area contributed by atoms with Gasteiger partial charge in [0.25, 0.3) is 0 Å². The molecule has 2 rings (SSSR count). The lowest BCUT2D eigenvalue weighted by Crippen LogP contribution is -2.39. The Kier molecular flexibility index (Phi) is 5.24. The molecule has 0 aromatic rings. The van der Waals surface area contributed by atoms with Crippen LogP contribution in [0.5, 0.6) is 0 Å². The van der Waals surface area contributed by atoms with Gasteiger partial charge in [-0.3, -0.25) is 4.79 Å². The van der Waals surface area contributed by atoms with Gasteiger partial charge in [0.05, 0.1) is 0 Å². The molecule has 18 heavy (non-hydrogen) atoms. The molecule has 0 radical (unpaired) electrons. The maximum atomic E-state index is 12.0. The molecule has 1 N–H and O–H groups in total. The maximum Gasteiger partial charge on any atom is 0.223 e. The third kappa shape index (κ3) is 4.13. The summed E-state index contributed by atoms with van der Waals surface area (Å²) >= 11 is 0. The van der Waals surface area contributed by atoms with Gasteiger partial charge in [-0.1, -0.05) is 11.6 Å². The van der Waals surface area contributed by atoms with Crippen LogP contribution in [0.25, 0.3) is 0 Å². The molecule has 3 heteroatoms. The predicted octanol–water partition coefficient (Wildman–Crippen LogP) is 2.33. The van der Waals surface area contributed by atoms with Crippen molar-refractivity contribution in [2.75, 3.05) is 26.7 Å². The zero-order chi connectivity index (χ0) is 12.8. The number of hydrogen-bond acceptors (Lipinski definition) is 2. The highest BCUT2D eigenvalue weighted by Crippen LogP contribution is 2.20. The molecular weight excluding hydrogens is 224 g/mol. The summed E-state index contributed by atoms with van der Waals surface area (Å²) in [4.78, 5) is 14.3. The Morgan fingerprint density at radius 1 is 1.39 bits per heavy atom. The van der Waals surface area contributed by atoms with Crippen molar-refractivity contribution in [3.8, 4) is 0 Å². The van der Waals surface area contributed by atoms with Crippen LogP contribution in [0.15, 0.2) is 11.6 Å². The number of hydrogen-bond donors (Lipinski definition) is 1. The number of nitrogens with zero attached hydrogens (tertiary/aromatic N) is 1. The van der Waals surface area contributed by atoms with Crippen molar-refractivity contribution >= 4 is 5.91 Å². The lowest BCUT2D eigenvalue weighted by atomic mass is 9.95. The first-order chi connectivity index (χ1) is 8.75. The Morgan fingerprint density at radius 3 is 2.83 bits per heavy atom. The molecule has 102 valence electrons. The first kappa shape index (κ1) is 13.6. The summed E-state index contributed by atoms with van der Waals surface area (Å²) in [5.41, 5.74) is 1.55. The Hall–Kier alpha value is -0.830. The molecule has 1 aliphatic carbocycles. The summed E-state index contributed by atoms with van der Waals surface area (Å²) < 4.78 is 0. The van der Waals surface area contributed by atoms with Crippen molar-refractivity contribution in [3.05, 3.63) is 11.6 Å². The molecular formula is C15H26N2O. The van der Waals surface area contributed by atoms with Crippen molar-refractivity contribution in [1.82, 2.24) is 10.2 Å². The van der Waals surface area contributed by atoms with E-state index in [4.69, 9.17) is 0 Å². The third-order valence-electron chi connectivity index (χ3n) is 4.22. The van der Waals surface area contributed by atoms with E-state index >= 15 is 0 Å². The van der Waals surface area contributed by atoms with E-state index in [1.54, 1.807) is 5.57 Å². The maximum absolute atomic E-state index is 12.0. The number of likely N-dealkylation sites (tertiary alicyclic amines) is 1. The van der Waals surface area contributed by atoms with E-state index in [1.807, 2.05) is 0 Å². The highest BCUT2D eigenvalue weighted by atomic mass is 16.1. The van der Waals surface area contributed by atoms with E-state index in [0.29, 0.717) is 0 Å². The molecule has 0 aromatic heterocycles. The zero-order valence-corrected chi connectivity index (χ0v) is 11.6. The molecule has 1 saturated heterocycles. The number of rotatable bonds is 4. The summed E-state index contributed by atoms with van der Waals surface area (Å²) in [5, 5.41) is 3.12. The van der Waals surface area contributed by atoms with E-state index in [9.17, 15) is 4.79 Å². The molecule has 1 amide bonds. The molecule has 0 unspecified atom stereocenters. The molecule has 0 spiro atoms. The summed E-state index contributed by atoms with van der Waals surface area (Å²) in [6, 6.07) is 0.